The Morgan fingerprint density at radius 3 is 2.72 bits per heavy atom. The van der Waals surface area contributed by atoms with Crippen LogP contribution < -0.4 is 4.74 Å². The highest BCUT2D eigenvalue weighted by atomic mass is 32.1. The number of aromatic hydroxyl groups is 1. The van der Waals surface area contributed by atoms with Gasteiger partial charge in [0.2, 0.25) is 0 Å². The SMILES string of the molecule is COc1cc(/C=C/C=C/c2cccs2)ccc1O. The Morgan fingerprint density at radius 1 is 1.17 bits per heavy atom. The molecule has 1 aromatic heterocycles. The molecule has 18 heavy (non-hydrogen) atoms. The molecule has 0 radical (unpaired) electrons. The molecule has 1 N–H and O–H groups in total. The van der Waals surface area contributed by atoms with Gasteiger partial charge in [-0.25, -0.2) is 0 Å². The lowest BCUT2D eigenvalue weighted by Gasteiger charge is -2.03. The summed E-state index contributed by atoms with van der Waals surface area (Å²) in [6, 6.07) is 9.36. The number of methoxy groups -OCH3 is 1. The van der Waals surface area contributed by atoms with Crippen LogP contribution >= 0.6 is 11.3 Å². The van der Waals surface area contributed by atoms with Crippen LogP contribution in [0, 0.1) is 0 Å². The first-order chi connectivity index (χ1) is 8.79. The number of phenols is 1. The first-order valence-corrected chi connectivity index (χ1v) is 6.43. The van der Waals surface area contributed by atoms with E-state index in [0.717, 1.165) is 5.56 Å². The lowest BCUT2D eigenvalue weighted by atomic mass is 10.2. The zero-order valence-electron chi connectivity index (χ0n) is 10.0. The number of rotatable bonds is 4. The van der Waals surface area contributed by atoms with Gasteiger partial charge in [-0.05, 0) is 35.2 Å². The topological polar surface area (TPSA) is 29.5 Å². The van der Waals surface area contributed by atoms with E-state index in [9.17, 15) is 5.11 Å². The van der Waals surface area contributed by atoms with E-state index in [2.05, 4.69) is 12.1 Å². The highest BCUT2D eigenvalue weighted by Crippen LogP contribution is 2.26. The molecular formula is C15H14O2S. The molecule has 0 spiro atoms. The number of phenolic OH excluding ortho intramolecular Hbond substituents is 1. The summed E-state index contributed by atoms with van der Waals surface area (Å²) in [5.74, 6) is 0.642. The van der Waals surface area contributed by atoms with Crippen molar-refractivity contribution in [1.82, 2.24) is 0 Å². The van der Waals surface area contributed by atoms with Gasteiger partial charge in [-0.15, -0.1) is 11.3 Å². The van der Waals surface area contributed by atoms with Crippen LogP contribution in [0.2, 0.25) is 0 Å². The van der Waals surface area contributed by atoms with Crippen molar-refractivity contribution >= 4 is 23.5 Å². The fourth-order valence-electron chi connectivity index (χ4n) is 1.50. The number of benzene rings is 1. The summed E-state index contributed by atoms with van der Waals surface area (Å²) in [5, 5.41) is 11.5. The molecule has 0 bridgehead atoms. The van der Waals surface area contributed by atoms with Gasteiger partial charge in [0.05, 0.1) is 7.11 Å². The summed E-state index contributed by atoms with van der Waals surface area (Å²) in [5.41, 5.74) is 0.987. The van der Waals surface area contributed by atoms with Crippen LogP contribution in [0.5, 0.6) is 11.5 Å². The Labute approximate surface area is 110 Å². The van der Waals surface area contributed by atoms with Gasteiger partial charge in [-0.1, -0.05) is 30.4 Å². The van der Waals surface area contributed by atoms with E-state index < -0.39 is 0 Å². The minimum Gasteiger partial charge on any atom is -0.504 e. The van der Waals surface area contributed by atoms with Crippen LogP contribution in [0.1, 0.15) is 10.4 Å². The average molecular weight is 258 g/mol. The van der Waals surface area contributed by atoms with Crippen molar-refractivity contribution in [1.29, 1.82) is 0 Å². The number of hydrogen-bond acceptors (Lipinski definition) is 3. The van der Waals surface area contributed by atoms with Crippen LogP contribution in [0.15, 0.2) is 47.9 Å². The highest BCUT2D eigenvalue weighted by Gasteiger charge is 1.99. The van der Waals surface area contributed by atoms with Crippen molar-refractivity contribution in [3.63, 3.8) is 0 Å². The Bertz CT molecular complexity index is 554. The maximum Gasteiger partial charge on any atom is 0.161 e. The van der Waals surface area contributed by atoms with Gasteiger partial charge in [0, 0.05) is 4.88 Å². The molecular weight excluding hydrogens is 244 g/mol. The molecule has 0 aliphatic carbocycles. The van der Waals surface area contributed by atoms with Crippen molar-refractivity contribution < 1.29 is 9.84 Å². The van der Waals surface area contributed by atoms with Gasteiger partial charge < -0.3 is 9.84 Å². The third-order valence-corrected chi connectivity index (χ3v) is 3.24. The van der Waals surface area contributed by atoms with Gasteiger partial charge in [0.25, 0.3) is 0 Å². The van der Waals surface area contributed by atoms with Crippen molar-refractivity contribution in [2.24, 2.45) is 0 Å². The summed E-state index contributed by atoms with van der Waals surface area (Å²) >= 11 is 1.70. The normalized spacial score (nSPS) is 11.4. The maximum absolute atomic E-state index is 9.47. The molecule has 0 saturated heterocycles. The number of thiophene rings is 1. The summed E-state index contributed by atoms with van der Waals surface area (Å²) in [6.07, 6.45) is 7.97. The lowest BCUT2D eigenvalue weighted by Crippen LogP contribution is -1.83. The fourth-order valence-corrected chi connectivity index (χ4v) is 2.13. The van der Waals surface area contributed by atoms with Gasteiger partial charge in [0.15, 0.2) is 11.5 Å². The fraction of sp³-hybridized carbons (Fsp3) is 0.0667. The third-order valence-electron chi connectivity index (χ3n) is 2.41. The maximum atomic E-state index is 9.47. The second-order valence-corrected chi connectivity index (χ2v) is 4.64. The Morgan fingerprint density at radius 2 is 2.00 bits per heavy atom. The molecule has 2 aromatic rings. The lowest BCUT2D eigenvalue weighted by molar-refractivity contribution is 0.373. The van der Waals surface area contributed by atoms with Crippen LogP contribution in [0.25, 0.3) is 12.2 Å². The van der Waals surface area contributed by atoms with E-state index in [1.165, 1.54) is 4.88 Å². The zero-order valence-corrected chi connectivity index (χ0v) is 10.9. The molecule has 0 aliphatic rings. The standard InChI is InChI=1S/C15H14O2S/c1-17-15-11-12(8-9-14(15)16)5-2-3-6-13-7-4-10-18-13/h2-11,16H,1H3/b5-2+,6-3+. The van der Waals surface area contributed by atoms with E-state index in [1.807, 2.05) is 35.7 Å². The number of hydrogen-bond donors (Lipinski definition) is 1. The minimum atomic E-state index is 0.156. The summed E-state index contributed by atoms with van der Waals surface area (Å²) in [4.78, 5) is 1.22. The van der Waals surface area contributed by atoms with Crippen molar-refractivity contribution in [2.75, 3.05) is 7.11 Å². The zero-order chi connectivity index (χ0) is 12.8. The predicted molar refractivity (Wildman–Crippen MR) is 77.0 cm³/mol. The number of ether oxygens (including phenoxy) is 1. The second-order valence-electron chi connectivity index (χ2n) is 3.66. The predicted octanol–water partition coefficient (Wildman–Crippen LogP) is 4.19. The van der Waals surface area contributed by atoms with E-state index in [1.54, 1.807) is 30.6 Å². The molecule has 0 unspecified atom stereocenters. The smallest absolute Gasteiger partial charge is 0.161 e. The summed E-state index contributed by atoms with van der Waals surface area (Å²) < 4.78 is 5.05. The Balaban J connectivity index is 2.05. The molecule has 0 amide bonds. The monoisotopic (exact) mass is 258 g/mol. The van der Waals surface area contributed by atoms with Gasteiger partial charge in [-0.3, -0.25) is 0 Å². The summed E-state index contributed by atoms with van der Waals surface area (Å²) in [6.45, 7) is 0. The first-order valence-electron chi connectivity index (χ1n) is 5.55. The molecule has 1 heterocycles. The van der Waals surface area contributed by atoms with Crippen molar-refractivity contribution in [3.8, 4) is 11.5 Å². The quantitative estimate of drug-likeness (QED) is 0.833. The van der Waals surface area contributed by atoms with Gasteiger partial charge in [0.1, 0.15) is 0 Å². The molecule has 0 saturated carbocycles. The first kappa shape index (κ1) is 12.5. The largest absolute Gasteiger partial charge is 0.504 e. The average Bonchev–Trinajstić information content (AvgIpc) is 2.89. The molecule has 2 nitrogen and oxygen atoms in total. The number of allylic oxidation sites excluding steroid dienone is 2. The summed E-state index contributed by atoms with van der Waals surface area (Å²) in [7, 11) is 1.54. The molecule has 2 rings (SSSR count). The van der Waals surface area contributed by atoms with Crippen LogP contribution in [0.3, 0.4) is 0 Å². The third kappa shape index (κ3) is 3.25. The Hall–Kier alpha value is -2.00. The van der Waals surface area contributed by atoms with Crippen molar-refractivity contribution in [3.05, 3.63) is 58.3 Å². The minimum absolute atomic E-state index is 0.156. The van der Waals surface area contributed by atoms with Crippen molar-refractivity contribution in [2.45, 2.75) is 0 Å². The second kappa shape index (κ2) is 6.07. The van der Waals surface area contributed by atoms with E-state index in [-0.39, 0.29) is 5.75 Å². The highest BCUT2D eigenvalue weighted by molar-refractivity contribution is 7.10. The molecule has 92 valence electrons. The molecule has 0 fully saturated rings. The van der Waals surface area contributed by atoms with Gasteiger partial charge in [-0.2, -0.15) is 0 Å². The van der Waals surface area contributed by atoms with Crippen LogP contribution in [-0.2, 0) is 0 Å². The van der Waals surface area contributed by atoms with Crippen LogP contribution in [0.4, 0.5) is 0 Å². The Kier molecular flexibility index (Phi) is 4.20. The van der Waals surface area contributed by atoms with E-state index in [4.69, 9.17) is 4.74 Å². The molecule has 3 heteroatoms. The molecule has 1 aromatic carbocycles. The van der Waals surface area contributed by atoms with Crippen LogP contribution in [-0.4, -0.2) is 12.2 Å². The molecule has 0 atom stereocenters. The van der Waals surface area contributed by atoms with E-state index in [0.29, 0.717) is 5.75 Å². The van der Waals surface area contributed by atoms with Gasteiger partial charge >= 0.3 is 0 Å². The van der Waals surface area contributed by atoms with E-state index >= 15 is 0 Å². The molecule has 0 aliphatic heterocycles.